The van der Waals surface area contributed by atoms with Crippen molar-refractivity contribution >= 4 is 5.82 Å². The molecule has 0 fully saturated rings. The number of hydrogen-bond donors (Lipinski definition) is 2. The molecule has 0 aromatic carbocycles. The summed E-state index contributed by atoms with van der Waals surface area (Å²) in [4.78, 5) is 4.08. The van der Waals surface area contributed by atoms with Crippen LogP contribution in [0.1, 0.15) is 16.8 Å². The molecular weight excluding hydrogens is 164 g/mol. The number of aliphatic hydroxyl groups excluding tert-OH is 1. The van der Waals surface area contributed by atoms with Crippen LogP contribution >= 0.6 is 0 Å². The van der Waals surface area contributed by atoms with Gasteiger partial charge in [0.2, 0.25) is 0 Å². The average Bonchev–Trinajstić information content (AvgIpc) is 2.02. The largest absolute Gasteiger partial charge is 0.384 e. The molecule has 1 aromatic rings. The Bertz CT molecular complexity index is 351. The number of nitrogens with two attached hydrogens (primary N) is 1. The molecule has 3 N–H and O–H groups in total. The van der Waals surface area contributed by atoms with Gasteiger partial charge in [0.1, 0.15) is 12.4 Å². The molecule has 0 atom stereocenters. The summed E-state index contributed by atoms with van der Waals surface area (Å²) in [6, 6.07) is 1.77. The first kappa shape index (κ1) is 9.56. The SMILES string of the molecule is Cc1cc(N)nc(C)c1C#CCO. The molecular formula is C10H12N2O. The molecule has 0 aliphatic heterocycles. The van der Waals surface area contributed by atoms with E-state index in [0.29, 0.717) is 5.82 Å². The molecule has 3 nitrogen and oxygen atoms in total. The van der Waals surface area contributed by atoms with Crippen molar-refractivity contribution in [2.75, 3.05) is 12.3 Å². The zero-order chi connectivity index (χ0) is 9.84. The standard InChI is InChI=1S/C10H12N2O/c1-7-6-10(11)12-8(2)9(7)4-3-5-13/h6,13H,5H2,1-2H3,(H2,11,12). The van der Waals surface area contributed by atoms with E-state index in [0.717, 1.165) is 16.8 Å². The van der Waals surface area contributed by atoms with Crippen molar-refractivity contribution in [1.82, 2.24) is 4.98 Å². The third-order valence-electron chi connectivity index (χ3n) is 1.71. The van der Waals surface area contributed by atoms with E-state index in [9.17, 15) is 0 Å². The van der Waals surface area contributed by atoms with Crippen molar-refractivity contribution in [2.45, 2.75) is 13.8 Å². The molecule has 0 radical (unpaired) electrons. The lowest BCUT2D eigenvalue weighted by molar-refractivity contribution is 0.350. The molecule has 68 valence electrons. The van der Waals surface area contributed by atoms with E-state index in [2.05, 4.69) is 16.8 Å². The first-order valence-electron chi connectivity index (χ1n) is 3.98. The van der Waals surface area contributed by atoms with Gasteiger partial charge in [-0.3, -0.25) is 0 Å². The fourth-order valence-electron chi connectivity index (χ4n) is 1.18. The molecule has 1 rings (SSSR count). The lowest BCUT2D eigenvalue weighted by Gasteiger charge is -2.03. The van der Waals surface area contributed by atoms with Crippen molar-refractivity contribution in [3.8, 4) is 11.8 Å². The number of anilines is 1. The Hall–Kier alpha value is -1.53. The van der Waals surface area contributed by atoms with Crippen LogP contribution in [0.3, 0.4) is 0 Å². The highest BCUT2D eigenvalue weighted by atomic mass is 16.2. The molecule has 0 aliphatic carbocycles. The normalized spacial score (nSPS) is 9.15. The van der Waals surface area contributed by atoms with Gasteiger partial charge in [0, 0.05) is 5.56 Å². The van der Waals surface area contributed by atoms with Gasteiger partial charge in [0.05, 0.1) is 5.69 Å². The van der Waals surface area contributed by atoms with Gasteiger partial charge in [-0.25, -0.2) is 4.98 Å². The van der Waals surface area contributed by atoms with E-state index < -0.39 is 0 Å². The minimum absolute atomic E-state index is 0.136. The Kier molecular flexibility index (Phi) is 2.88. The van der Waals surface area contributed by atoms with Crippen LogP contribution in [0.2, 0.25) is 0 Å². The molecule has 13 heavy (non-hydrogen) atoms. The summed E-state index contributed by atoms with van der Waals surface area (Å²) < 4.78 is 0. The van der Waals surface area contributed by atoms with Gasteiger partial charge in [-0.2, -0.15) is 0 Å². The summed E-state index contributed by atoms with van der Waals surface area (Å²) >= 11 is 0. The summed E-state index contributed by atoms with van der Waals surface area (Å²) in [6.07, 6.45) is 0. The quantitative estimate of drug-likeness (QED) is 0.570. The minimum Gasteiger partial charge on any atom is -0.384 e. The highest BCUT2D eigenvalue weighted by Gasteiger charge is 2.01. The van der Waals surface area contributed by atoms with Crippen molar-refractivity contribution in [3.63, 3.8) is 0 Å². The average molecular weight is 176 g/mol. The van der Waals surface area contributed by atoms with E-state index in [-0.39, 0.29) is 6.61 Å². The Balaban J connectivity index is 3.21. The molecule has 0 saturated heterocycles. The molecule has 0 saturated carbocycles. The van der Waals surface area contributed by atoms with Gasteiger partial charge in [-0.05, 0) is 25.5 Å². The topological polar surface area (TPSA) is 59.1 Å². The third kappa shape index (κ3) is 2.20. The number of aromatic nitrogens is 1. The zero-order valence-electron chi connectivity index (χ0n) is 7.76. The number of hydrogen-bond acceptors (Lipinski definition) is 3. The molecule has 0 spiro atoms. The summed E-state index contributed by atoms with van der Waals surface area (Å²) in [5, 5.41) is 8.55. The monoisotopic (exact) mass is 176 g/mol. The van der Waals surface area contributed by atoms with Crippen molar-refractivity contribution in [2.24, 2.45) is 0 Å². The summed E-state index contributed by atoms with van der Waals surface area (Å²) in [6.45, 7) is 3.64. The molecule has 0 unspecified atom stereocenters. The van der Waals surface area contributed by atoms with Crippen LogP contribution in [-0.4, -0.2) is 16.7 Å². The van der Waals surface area contributed by atoms with Crippen LogP contribution < -0.4 is 5.73 Å². The molecule has 0 aliphatic rings. The van der Waals surface area contributed by atoms with E-state index in [1.54, 1.807) is 6.07 Å². The number of aliphatic hydroxyl groups is 1. The first-order chi connectivity index (χ1) is 6.15. The molecule has 0 amide bonds. The van der Waals surface area contributed by atoms with Gasteiger partial charge in [0.15, 0.2) is 0 Å². The molecule has 0 bridgehead atoms. The second-order valence-corrected chi connectivity index (χ2v) is 2.78. The number of nitrogens with zero attached hydrogens (tertiary/aromatic N) is 1. The number of rotatable bonds is 0. The van der Waals surface area contributed by atoms with Gasteiger partial charge in [-0.15, -0.1) is 0 Å². The summed E-state index contributed by atoms with van der Waals surface area (Å²) in [7, 11) is 0. The zero-order valence-corrected chi connectivity index (χ0v) is 7.76. The lowest BCUT2D eigenvalue weighted by atomic mass is 10.1. The van der Waals surface area contributed by atoms with Gasteiger partial charge < -0.3 is 10.8 Å². The second kappa shape index (κ2) is 3.92. The number of nitrogen functional groups attached to an aromatic ring is 1. The third-order valence-corrected chi connectivity index (χ3v) is 1.71. The number of pyridine rings is 1. The first-order valence-corrected chi connectivity index (χ1v) is 3.98. The fraction of sp³-hybridized carbons (Fsp3) is 0.300. The lowest BCUT2D eigenvalue weighted by Crippen LogP contribution is -1.97. The van der Waals surface area contributed by atoms with Crippen molar-refractivity contribution in [3.05, 3.63) is 22.9 Å². The molecule has 1 aromatic heterocycles. The molecule has 3 heteroatoms. The van der Waals surface area contributed by atoms with Crippen LogP contribution in [0.15, 0.2) is 6.07 Å². The van der Waals surface area contributed by atoms with Gasteiger partial charge in [-0.1, -0.05) is 11.8 Å². The maximum atomic E-state index is 8.55. The maximum Gasteiger partial charge on any atom is 0.123 e. The van der Waals surface area contributed by atoms with Crippen LogP contribution in [0.5, 0.6) is 0 Å². The van der Waals surface area contributed by atoms with E-state index in [4.69, 9.17) is 10.8 Å². The van der Waals surface area contributed by atoms with Crippen molar-refractivity contribution < 1.29 is 5.11 Å². The van der Waals surface area contributed by atoms with Crippen LogP contribution in [-0.2, 0) is 0 Å². The van der Waals surface area contributed by atoms with Crippen molar-refractivity contribution in [1.29, 1.82) is 0 Å². The van der Waals surface area contributed by atoms with Gasteiger partial charge in [0.25, 0.3) is 0 Å². The Morgan fingerprint density at radius 2 is 2.23 bits per heavy atom. The highest BCUT2D eigenvalue weighted by molar-refractivity contribution is 5.48. The minimum atomic E-state index is -0.136. The van der Waals surface area contributed by atoms with E-state index in [1.807, 2.05) is 13.8 Å². The smallest absolute Gasteiger partial charge is 0.123 e. The summed E-state index contributed by atoms with van der Waals surface area (Å²) in [5.41, 5.74) is 8.19. The predicted molar refractivity (Wildman–Crippen MR) is 52.1 cm³/mol. The van der Waals surface area contributed by atoms with Crippen LogP contribution in [0, 0.1) is 25.7 Å². The number of aryl methyl sites for hydroxylation is 2. The Labute approximate surface area is 77.6 Å². The van der Waals surface area contributed by atoms with Gasteiger partial charge >= 0.3 is 0 Å². The highest BCUT2D eigenvalue weighted by Crippen LogP contribution is 2.12. The Morgan fingerprint density at radius 1 is 1.54 bits per heavy atom. The summed E-state index contributed by atoms with van der Waals surface area (Å²) in [5.74, 6) is 5.93. The van der Waals surface area contributed by atoms with E-state index >= 15 is 0 Å². The fourth-order valence-corrected chi connectivity index (χ4v) is 1.18. The maximum absolute atomic E-state index is 8.55. The van der Waals surface area contributed by atoms with E-state index in [1.165, 1.54) is 0 Å². The van der Waals surface area contributed by atoms with Crippen LogP contribution in [0.4, 0.5) is 5.82 Å². The van der Waals surface area contributed by atoms with Crippen LogP contribution in [0.25, 0.3) is 0 Å². The Morgan fingerprint density at radius 3 is 2.77 bits per heavy atom. The predicted octanol–water partition coefficient (Wildman–Crippen LogP) is 0.624. The second-order valence-electron chi connectivity index (χ2n) is 2.78. The molecule has 1 heterocycles.